The second kappa shape index (κ2) is 7.13. The highest BCUT2D eigenvalue weighted by atomic mass is 35.5. The number of carbonyl (C=O) groups excluding carboxylic acids is 1. The summed E-state index contributed by atoms with van der Waals surface area (Å²) in [6.07, 6.45) is 5.46. The average Bonchev–Trinajstić information content (AvgIpc) is 2.53. The average molecular weight is 325 g/mol. The molecule has 7 nitrogen and oxygen atoms in total. The first kappa shape index (κ1) is 16.1. The Bertz CT molecular complexity index is 618. The van der Waals surface area contributed by atoms with E-state index in [0.717, 1.165) is 5.76 Å². The minimum absolute atomic E-state index is 0.234. The summed E-state index contributed by atoms with van der Waals surface area (Å²) in [7, 11) is 4.75. The molecule has 1 aromatic heterocycles. The lowest BCUT2D eigenvalue weighted by atomic mass is 10.1. The van der Waals surface area contributed by atoms with Crippen LogP contribution in [0.4, 0.5) is 10.6 Å². The van der Waals surface area contributed by atoms with Crippen LogP contribution < -0.4 is 10.2 Å². The smallest absolute Gasteiger partial charge is 0.323 e. The summed E-state index contributed by atoms with van der Waals surface area (Å²) in [5.74, 6) is 1.78. The SMILES string of the molecule is COC1=CC(NC(=O)N(C)c2cc(Cl)ncn2)CC(OC)=C1. The van der Waals surface area contributed by atoms with Gasteiger partial charge in [0, 0.05) is 25.6 Å². The van der Waals surface area contributed by atoms with E-state index < -0.39 is 0 Å². The van der Waals surface area contributed by atoms with E-state index in [0.29, 0.717) is 18.0 Å². The van der Waals surface area contributed by atoms with Crippen LogP contribution in [0.15, 0.2) is 36.1 Å². The fourth-order valence-corrected chi connectivity index (χ4v) is 2.11. The van der Waals surface area contributed by atoms with Gasteiger partial charge in [0.2, 0.25) is 0 Å². The molecule has 1 unspecified atom stereocenters. The zero-order valence-corrected chi connectivity index (χ0v) is 13.3. The van der Waals surface area contributed by atoms with Crippen LogP contribution >= 0.6 is 11.6 Å². The van der Waals surface area contributed by atoms with Crippen LogP contribution in [0, 0.1) is 0 Å². The molecule has 2 rings (SSSR count). The van der Waals surface area contributed by atoms with Crippen LogP contribution in [0.5, 0.6) is 0 Å². The maximum absolute atomic E-state index is 12.3. The maximum Gasteiger partial charge on any atom is 0.323 e. The predicted octanol–water partition coefficient (Wildman–Crippen LogP) is 2.11. The predicted molar refractivity (Wildman–Crippen MR) is 82.6 cm³/mol. The minimum Gasteiger partial charge on any atom is -0.501 e. The molecule has 0 bridgehead atoms. The van der Waals surface area contributed by atoms with E-state index in [1.165, 1.54) is 17.3 Å². The number of amides is 2. The molecule has 1 N–H and O–H groups in total. The van der Waals surface area contributed by atoms with Crippen LogP contribution in [0.25, 0.3) is 0 Å². The summed E-state index contributed by atoms with van der Waals surface area (Å²) in [6, 6.07) is 0.963. The van der Waals surface area contributed by atoms with Crippen molar-refractivity contribution in [3.63, 3.8) is 0 Å². The molecular formula is C14H17ClN4O3. The van der Waals surface area contributed by atoms with Crippen molar-refractivity contribution in [2.45, 2.75) is 12.5 Å². The van der Waals surface area contributed by atoms with E-state index in [-0.39, 0.29) is 17.2 Å². The van der Waals surface area contributed by atoms with E-state index in [2.05, 4.69) is 15.3 Å². The van der Waals surface area contributed by atoms with Crippen LogP contribution in [0.1, 0.15) is 6.42 Å². The third kappa shape index (κ3) is 3.88. The largest absolute Gasteiger partial charge is 0.501 e. The Morgan fingerprint density at radius 1 is 1.41 bits per heavy atom. The summed E-state index contributed by atoms with van der Waals surface area (Å²) in [5.41, 5.74) is 0. The molecule has 0 radical (unpaired) electrons. The second-order valence-electron chi connectivity index (χ2n) is 4.61. The Kier molecular flexibility index (Phi) is 5.21. The van der Waals surface area contributed by atoms with Crippen LogP contribution in [-0.4, -0.2) is 43.3 Å². The van der Waals surface area contributed by atoms with Crippen molar-refractivity contribution in [3.05, 3.63) is 41.2 Å². The second-order valence-corrected chi connectivity index (χ2v) is 4.99. The van der Waals surface area contributed by atoms with Gasteiger partial charge >= 0.3 is 6.03 Å². The molecule has 1 aromatic rings. The first-order chi connectivity index (χ1) is 10.5. The number of nitrogens with zero attached hydrogens (tertiary/aromatic N) is 3. The normalized spacial score (nSPS) is 17.2. The van der Waals surface area contributed by atoms with E-state index in [9.17, 15) is 4.79 Å². The summed E-state index contributed by atoms with van der Waals surface area (Å²) in [5, 5.41) is 3.14. The van der Waals surface area contributed by atoms with Gasteiger partial charge in [0.1, 0.15) is 28.8 Å². The van der Waals surface area contributed by atoms with Gasteiger partial charge in [-0.15, -0.1) is 0 Å². The molecule has 0 spiro atoms. The molecule has 1 heterocycles. The Hall–Kier alpha value is -2.28. The summed E-state index contributed by atoms with van der Waals surface area (Å²) in [6.45, 7) is 0. The first-order valence-corrected chi connectivity index (χ1v) is 6.93. The lowest BCUT2D eigenvalue weighted by Crippen LogP contribution is -2.43. The number of carbonyl (C=O) groups is 1. The third-order valence-corrected chi connectivity index (χ3v) is 3.37. The lowest BCUT2D eigenvalue weighted by molar-refractivity contribution is 0.234. The number of methoxy groups -OCH3 is 2. The number of anilines is 1. The van der Waals surface area contributed by atoms with Gasteiger partial charge in [-0.25, -0.2) is 14.8 Å². The van der Waals surface area contributed by atoms with E-state index in [1.807, 2.05) is 6.08 Å². The molecular weight excluding hydrogens is 308 g/mol. The van der Waals surface area contributed by atoms with Gasteiger partial charge in [-0.1, -0.05) is 11.6 Å². The fourth-order valence-electron chi connectivity index (χ4n) is 1.97. The number of halogens is 1. The van der Waals surface area contributed by atoms with Gasteiger partial charge in [-0.3, -0.25) is 4.90 Å². The summed E-state index contributed by atoms with van der Waals surface area (Å²) in [4.78, 5) is 21.4. The fraction of sp³-hybridized carbons (Fsp3) is 0.357. The molecule has 0 saturated carbocycles. The zero-order valence-electron chi connectivity index (χ0n) is 12.5. The summed E-state index contributed by atoms with van der Waals surface area (Å²) >= 11 is 5.80. The van der Waals surface area contributed by atoms with Crippen molar-refractivity contribution in [3.8, 4) is 0 Å². The van der Waals surface area contributed by atoms with E-state index >= 15 is 0 Å². The summed E-state index contributed by atoms with van der Waals surface area (Å²) < 4.78 is 10.4. The van der Waals surface area contributed by atoms with E-state index in [4.69, 9.17) is 21.1 Å². The molecule has 22 heavy (non-hydrogen) atoms. The molecule has 118 valence electrons. The van der Waals surface area contributed by atoms with E-state index in [1.54, 1.807) is 27.3 Å². The van der Waals surface area contributed by atoms with Crippen molar-refractivity contribution < 1.29 is 14.3 Å². The molecule has 2 amide bonds. The van der Waals surface area contributed by atoms with Crippen LogP contribution in [0.3, 0.4) is 0 Å². The number of hydrogen-bond acceptors (Lipinski definition) is 5. The Morgan fingerprint density at radius 2 is 2.18 bits per heavy atom. The number of urea groups is 1. The van der Waals surface area contributed by atoms with Gasteiger partial charge in [0.05, 0.1) is 20.3 Å². The standard InChI is InChI=1S/C14H17ClN4O3/c1-19(13-7-12(15)16-8-17-13)14(20)18-9-4-10(21-2)6-11(5-9)22-3/h4,6-9H,5H2,1-3H3,(H,18,20). The molecule has 1 aliphatic rings. The van der Waals surface area contributed by atoms with Crippen LogP contribution in [-0.2, 0) is 9.47 Å². The first-order valence-electron chi connectivity index (χ1n) is 6.55. The van der Waals surface area contributed by atoms with Gasteiger partial charge in [0.15, 0.2) is 0 Å². The number of ether oxygens (including phenoxy) is 2. The van der Waals surface area contributed by atoms with Crippen molar-refractivity contribution in [2.24, 2.45) is 0 Å². The molecule has 0 aliphatic heterocycles. The highest BCUT2D eigenvalue weighted by Crippen LogP contribution is 2.19. The zero-order chi connectivity index (χ0) is 16.1. The third-order valence-electron chi connectivity index (χ3n) is 3.16. The molecule has 0 saturated heterocycles. The molecule has 0 aromatic carbocycles. The Labute approximate surface area is 133 Å². The van der Waals surface area contributed by atoms with Crippen molar-refractivity contribution in [2.75, 3.05) is 26.2 Å². The Morgan fingerprint density at radius 3 is 2.82 bits per heavy atom. The molecule has 8 heteroatoms. The maximum atomic E-state index is 12.3. The van der Waals surface area contributed by atoms with Gasteiger partial charge < -0.3 is 14.8 Å². The van der Waals surface area contributed by atoms with Gasteiger partial charge in [-0.05, 0) is 6.08 Å². The number of rotatable bonds is 4. The lowest BCUT2D eigenvalue weighted by Gasteiger charge is -2.24. The van der Waals surface area contributed by atoms with Crippen molar-refractivity contribution in [1.29, 1.82) is 0 Å². The quantitative estimate of drug-likeness (QED) is 0.858. The topological polar surface area (TPSA) is 76.6 Å². The monoisotopic (exact) mass is 324 g/mol. The molecule has 1 aliphatic carbocycles. The highest BCUT2D eigenvalue weighted by Gasteiger charge is 2.21. The van der Waals surface area contributed by atoms with Gasteiger partial charge in [0.25, 0.3) is 0 Å². The Balaban J connectivity index is 2.05. The van der Waals surface area contributed by atoms with Crippen molar-refractivity contribution in [1.82, 2.24) is 15.3 Å². The molecule has 0 fully saturated rings. The van der Waals surface area contributed by atoms with Crippen LogP contribution in [0.2, 0.25) is 5.15 Å². The minimum atomic E-state index is -0.316. The van der Waals surface area contributed by atoms with Gasteiger partial charge in [-0.2, -0.15) is 0 Å². The number of allylic oxidation sites excluding steroid dienone is 1. The van der Waals surface area contributed by atoms with Crippen molar-refractivity contribution >= 4 is 23.4 Å². The molecule has 1 atom stereocenters. The number of nitrogens with one attached hydrogen (secondary N) is 1. The number of hydrogen-bond donors (Lipinski definition) is 1. The highest BCUT2D eigenvalue weighted by molar-refractivity contribution is 6.29. The number of aromatic nitrogens is 2.